The lowest BCUT2D eigenvalue weighted by Gasteiger charge is -2.30. The highest BCUT2D eigenvalue weighted by atomic mass is 14.5. The van der Waals surface area contributed by atoms with E-state index in [2.05, 4.69) is 20.8 Å². The molecule has 2 saturated carbocycles. The van der Waals surface area contributed by atoms with Crippen molar-refractivity contribution in [1.29, 1.82) is 0 Å². The van der Waals surface area contributed by atoms with Crippen molar-refractivity contribution in [2.24, 2.45) is 17.3 Å². The van der Waals surface area contributed by atoms with E-state index < -0.39 is 0 Å². The molecule has 0 aromatic rings. The molecule has 11 heavy (non-hydrogen) atoms. The number of hydrogen-bond donors (Lipinski definition) is 0. The minimum Gasteiger partial charge on any atom is -0.0596 e. The van der Waals surface area contributed by atoms with Gasteiger partial charge in [0.1, 0.15) is 0 Å². The molecule has 0 saturated heterocycles. The van der Waals surface area contributed by atoms with E-state index in [1.165, 1.54) is 25.7 Å². The lowest BCUT2D eigenvalue weighted by atomic mass is 9.75. The van der Waals surface area contributed by atoms with Crippen LogP contribution in [0.1, 0.15) is 46.5 Å². The average Bonchev–Trinajstić information content (AvgIpc) is 2.50. The zero-order valence-electron chi connectivity index (χ0n) is 7.98. The molecule has 0 aromatic heterocycles. The molecule has 0 heteroatoms. The third-order valence-electron chi connectivity index (χ3n) is 2.90. The maximum atomic E-state index is 2.39. The average molecular weight is 151 g/mol. The summed E-state index contributed by atoms with van der Waals surface area (Å²) in [4.78, 5) is 0. The molecule has 0 aromatic carbocycles. The first-order valence-corrected chi connectivity index (χ1v) is 4.96. The van der Waals surface area contributed by atoms with Gasteiger partial charge in [-0.15, -0.1) is 0 Å². The van der Waals surface area contributed by atoms with Crippen molar-refractivity contribution in [1.82, 2.24) is 0 Å². The van der Waals surface area contributed by atoms with Crippen LogP contribution in [0.3, 0.4) is 0 Å². The van der Waals surface area contributed by atoms with Crippen molar-refractivity contribution in [2.75, 3.05) is 0 Å². The molecule has 2 aliphatic carbocycles. The predicted octanol–water partition coefficient (Wildman–Crippen LogP) is 3.43. The van der Waals surface area contributed by atoms with Gasteiger partial charge >= 0.3 is 0 Å². The lowest BCUT2D eigenvalue weighted by Crippen LogP contribution is -2.21. The van der Waals surface area contributed by atoms with Gasteiger partial charge < -0.3 is 0 Å². The number of rotatable bonds is 2. The molecule has 0 spiro atoms. The Kier molecular flexibility index (Phi) is 1.56. The van der Waals surface area contributed by atoms with Crippen LogP contribution in [-0.2, 0) is 0 Å². The van der Waals surface area contributed by atoms with Gasteiger partial charge in [0.2, 0.25) is 0 Å². The second-order valence-electron chi connectivity index (χ2n) is 5.25. The molecule has 2 rings (SSSR count). The first-order valence-electron chi connectivity index (χ1n) is 4.96. The minimum atomic E-state index is 0.502. The van der Waals surface area contributed by atoms with Crippen LogP contribution in [-0.4, -0.2) is 0 Å². The highest BCUT2D eigenvalue weighted by Crippen LogP contribution is 2.57. The summed E-state index contributed by atoms with van der Waals surface area (Å²) >= 11 is 0. The fraction of sp³-hybridized carbons (Fsp3) is 0.909. The smallest absolute Gasteiger partial charge is 0.0126 e. The van der Waals surface area contributed by atoms with Crippen molar-refractivity contribution in [3.8, 4) is 0 Å². The van der Waals surface area contributed by atoms with E-state index in [9.17, 15) is 0 Å². The van der Waals surface area contributed by atoms with Crippen LogP contribution in [0.5, 0.6) is 0 Å². The molecule has 0 bridgehead atoms. The van der Waals surface area contributed by atoms with Gasteiger partial charge in [0, 0.05) is 0 Å². The summed E-state index contributed by atoms with van der Waals surface area (Å²) < 4.78 is 0. The second-order valence-corrected chi connectivity index (χ2v) is 5.25. The third kappa shape index (κ3) is 1.60. The molecule has 0 unspecified atom stereocenters. The summed E-state index contributed by atoms with van der Waals surface area (Å²) in [5.74, 6) is 3.96. The maximum absolute atomic E-state index is 2.39. The van der Waals surface area contributed by atoms with Crippen molar-refractivity contribution in [2.45, 2.75) is 46.5 Å². The van der Waals surface area contributed by atoms with Gasteiger partial charge in [-0.05, 0) is 48.9 Å². The van der Waals surface area contributed by atoms with Gasteiger partial charge in [-0.25, -0.2) is 0 Å². The monoisotopic (exact) mass is 151 g/mol. The zero-order valence-corrected chi connectivity index (χ0v) is 7.98. The normalized spacial score (nSPS) is 26.2. The molecular weight excluding hydrogens is 132 g/mol. The SMILES string of the molecule is CC(C)(C)[C](C1CC1)C1CC1. The summed E-state index contributed by atoms with van der Waals surface area (Å²) in [6.45, 7) is 7.16. The van der Waals surface area contributed by atoms with Crippen LogP contribution in [0.25, 0.3) is 0 Å². The van der Waals surface area contributed by atoms with Crippen LogP contribution in [0, 0.1) is 23.2 Å². The Balaban J connectivity index is 2.02. The predicted molar refractivity (Wildman–Crippen MR) is 48.1 cm³/mol. The van der Waals surface area contributed by atoms with E-state index in [1.807, 2.05) is 5.92 Å². The van der Waals surface area contributed by atoms with E-state index in [0.717, 1.165) is 11.8 Å². The number of hydrogen-bond acceptors (Lipinski definition) is 0. The van der Waals surface area contributed by atoms with Crippen LogP contribution in [0.4, 0.5) is 0 Å². The van der Waals surface area contributed by atoms with Crippen molar-refractivity contribution >= 4 is 0 Å². The van der Waals surface area contributed by atoms with Gasteiger partial charge in [-0.2, -0.15) is 0 Å². The fourth-order valence-corrected chi connectivity index (χ4v) is 2.35. The second kappa shape index (κ2) is 2.24. The Morgan fingerprint density at radius 2 is 1.27 bits per heavy atom. The van der Waals surface area contributed by atoms with Crippen LogP contribution < -0.4 is 0 Å². The standard InChI is InChI=1S/C11H19/c1-11(2,3)10(8-4-5-8)9-6-7-9/h8-9H,4-7H2,1-3H3. The largest absolute Gasteiger partial charge is 0.0596 e. The minimum absolute atomic E-state index is 0.502. The van der Waals surface area contributed by atoms with E-state index in [1.54, 1.807) is 0 Å². The topological polar surface area (TPSA) is 0 Å². The Labute approximate surface area is 70.4 Å². The van der Waals surface area contributed by atoms with Gasteiger partial charge in [-0.3, -0.25) is 0 Å². The van der Waals surface area contributed by atoms with E-state index in [-0.39, 0.29) is 0 Å². The Morgan fingerprint density at radius 1 is 0.909 bits per heavy atom. The molecule has 2 fully saturated rings. The fourth-order valence-electron chi connectivity index (χ4n) is 2.35. The molecule has 0 N–H and O–H groups in total. The zero-order chi connectivity index (χ0) is 8.06. The summed E-state index contributed by atoms with van der Waals surface area (Å²) in [6.07, 6.45) is 5.96. The van der Waals surface area contributed by atoms with Crippen LogP contribution in [0.2, 0.25) is 0 Å². The molecule has 0 atom stereocenters. The molecule has 0 nitrogen and oxygen atoms in total. The Morgan fingerprint density at radius 3 is 1.45 bits per heavy atom. The van der Waals surface area contributed by atoms with Crippen molar-refractivity contribution in [3.63, 3.8) is 0 Å². The van der Waals surface area contributed by atoms with Crippen LogP contribution >= 0.6 is 0 Å². The summed E-state index contributed by atoms with van der Waals surface area (Å²) in [7, 11) is 0. The summed E-state index contributed by atoms with van der Waals surface area (Å²) in [6, 6.07) is 0. The highest BCUT2D eigenvalue weighted by molar-refractivity contribution is 5.17. The lowest BCUT2D eigenvalue weighted by molar-refractivity contribution is 0.362. The maximum Gasteiger partial charge on any atom is -0.0126 e. The molecule has 63 valence electrons. The van der Waals surface area contributed by atoms with Gasteiger partial charge in [0.15, 0.2) is 0 Å². The van der Waals surface area contributed by atoms with Crippen molar-refractivity contribution in [3.05, 3.63) is 5.92 Å². The molecule has 0 aliphatic heterocycles. The summed E-state index contributed by atoms with van der Waals surface area (Å²) in [5, 5.41) is 0. The first kappa shape index (κ1) is 7.64. The van der Waals surface area contributed by atoms with Gasteiger partial charge in [0.25, 0.3) is 0 Å². The van der Waals surface area contributed by atoms with E-state index in [0.29, 0.717) is 5.41 Å². The quantitative estimate of drug-likeness (QED) is 0.567. The molecule has 1 radical (unpaired) electrons. The molecular formula is C11H19. The van der Waals surface area contributed by atoms with Crippen LogP contribution in [0.15, 0.2) is 0 Å². The van der Waals surface area contributed by atoms with E-state index >= 15 is 0 Å². The Bertz CT molecular complexity index is 132. The molecule has 0 amide bonds. The molecule has 2 aliphatic rings. The van der Waals surface area contributed by atoms with Crippen molar-refractivity contribution < 1.29 is 0 Å². The third-order valence-corrected chi connectivity index (χ3v) is 2.90. The summed E-state index contributed by atoms with van der Waals surface area (Å²) in [5.41, 5.74) is 0.502. The molecule has 0 heterocycles. The first-order chi connectivity index (χ1) is 5.09. The Hall–Kier alpha value is 0. The van der Waals surface area contributed by atoms with E-state index in [4.69, 9.17) is 0 Å². The highest BCUT2D eigenvalue weighted by Gasteiger charge is 2.47. The van der Waals surface area contributed by atoms with Gasteiger partial charge in [-0.1, -0.05) is 20.8 Å². The van der Waals surface area contributed by atoms with Gasteiger partial charge in [0.05, 0.1) is 0 Å².